The summed E-state index contributed by atoms with van der Waals surface area (Å²) in [5, 5.41) is 7.14. The van der Waals surface area contributed by atoms with Gasteiger partial charge in [0.05, 0.1) is 5.69 Å². The fourth-order valence-electron chi connectivity index (χ4n) is 1.78. The summed E-state index contributed by atoms with van der Waals surface area (Å²) in [6.07, 6.45) is 3.27. The highest BCUT2D eigenvalue weighted by molar-refractivity contribution is 5.20. The van der Waals surface area contributed by atoms with Gasteiger partial charge in [-0.3, -0.25) is 10.00 Å². The summed E-state index contributed by atoms with van der Waals surface area (Å²) < 4.78 is 0. The Morgan fingerprint density at radius 1 is 1.43 bits per heavy atom. The summed E-state index contributed by atoms with van der Waals surface area (Å²) in [7, 11) is 0. The van der Waals surface area contributed by atoms with E-state index in [1.807, 2.05) is 6.20 Å². The van der Waals surface area contributed by atoms with Gasteiger partial charge in [0, 0.05) is 24.8 Å². The third kappa shape index (κ3) is 2.15. The van der Waals surface area contributed by atoms with E-state index in [4.69, 9.17) is 0 Å². The summed E-state index contributed by atoms with van der Waals surface area (Å²) in [4.78, 5) is 2.47. The van der Waals surface area contributed by atoms with Crippen molar-refractivity contribution >= 4 is 0 Å². The Hall–Kier alpha value is -0.830. The summed E-state index contributed by atoms with van der Waals surface area (Å²) in [6, 6.07) is 0. The second kappa shape index (κ2) is 3.39. The molecule has 14 heavy (non-hydrogen) atoms. The van der Waals surface area contributed by atoms with E-state index in [1.165, 1.54) is 24.2 Å². The van der Waals surface area contributed by atoms with Crippen LogP contribution in [-0.2, 0) is 13.1 Å². The quantitative estimate of drug-likeness (QED) is 0.780. The van der Waals surface area contributed by atoms with Crippen molar-refractivity contribution in [3.05, 3.63) is 17.5 Å². The first kappa shape index (κ1) is 9.71. The first-order valence-electron chi connectivity index (χ1n) is 5.28. The van der Waals surface area contributed by atoms with Gasteiger partial charge >= 0.3 is 0 Å². The van der Waals surface area contributed by atoms with Gasteiger partial charge in [0.25, 0.3) is 0 Å². The Morgan fingerprint density at radius 3 is 2.86 bits per heavy atom. The Kier molecular flexibility index (Phi) is 2.35. The molecule has 0 atom stereocenters. The summed E-state index contributed by atoms with van der Waals surface area (Å²) >= 11 is 0. The van der Waals surface area contributed by atoms with Crippen LogP contribution in [-0.4, -0.2) is 21.6 Å². The fraction of sp³-hybridized carbons (Fsp3) is 0.727. The van der Waals surface area contributed by atoms with Crippen molar-refractivity contribution in [1.82, 2.24) is 15.1 Å². The smallest absolute Gasteiger partial charge is 0.0807 e. The fourth-order valence-corrected chi connectivity index (χ4v) is 1.78. The Labute approximate surface area is 85.5 Å². The Morgan fingerprint density at radius 2 is 2.21 bits per heavy atom. The maximum Gasteiger partial charge on any atom is 0.0807 e. The Bertz CT molecular complexity index is 288. The van der Waals surface area contributed by atoms with E-state index in [0.29, 0.717) is 5.41 Å². The monoisotopic (exact) mass is 193 g/mol. The predicted octanol–water partition coefficient (Wildman–Crippen LogP) is 2.16. The number of aromatic nitrogens is 2. The number of hydrogen-bond donors (Lipinski definition) is 1. The van der Waals surface area contributed by atoms with Gasteiger partial charge in [-0.05, 0) is 18.4 Å². The topological polar surface area (TPSA) is 31.9 Å². The zero-order chi connectivity index (χ0) is 10.2. The molecule has 1 aliphatic heterocycles. The first-order chi connectivity index (χ1) is 6.54. The number of nitrogens with zero attached hydrogens (tertiary/aromatic N) is 2. The zero-order valence-electron chi connectivity index (χ0n) is 9.30. The minimum atomic E-state index is 0.437. The van der Waals surface area contributed by atoms with Gasteiger partial charge in [0.1, 0.15) is 0 Å². The average Bonchev–Trinajstić information content (AvgIpc) is 2.56. The summed E-state index contributed by atoms with van der Waals surface area (Å²) in [6.45, 7) is 10.2. The lowest BCUT2D eigenvalue weighted by Gasteiger charge is -2.22. The third-order valence-electron chi connectivity index (χ3n) is 2.75. The standard InChI is InChI=1S/C11H19N3/c1-11(2,3)4-5-14-7-9-6-12-13-10(9)8-14/h6H,4-5,7-8H2,1-3H3,(H,12,13). The molecule has 0 spiro atoms. The molecule has 3 heteroatoms. The molecular formula is C11H19N3. The first-order valence-corrected chi connectivity index (χ1v) is 5.28. The molecule has 0 bridgehead atoms. The second-order valence-electron chi connectivity index (χ2n) is 5.38. The largest absolute Gasteiger partial charge is 0.293 e. The highest BCUT2D eigenvalue weighted by Gasteiger charge is 2.22. The maximum atomic E-state index is 4.22. The SMILES string of the molecule is CC(C)(C)CCN1Cc2c[nH]nc2C1. The molecule has 0 radical (unpaired) electrons. The molecule has 2 rings (SSSR count). The summed E-state index contributed by atoms with van der Waals surface area (Å²) in [5.41, 5.74) is 3.05. The minimum absolute atomic E-state index is 0.437. The average molecular weight is 193 g/mol. The van der Waals surface area contributed by atoms with E-state index in [-0.39, 0.29) is 0 Å². The van der Waals surface area contributed by atoms with Crippen LogP contribution in [0, 0.1) is 5.41 Å². The third-order valence-corrected chi connectivity index (χ3v) is 2.75. The number of nitrogens with one attached hydrogen (secondary N) is 1. The van der Waals surface area contributed by atoms with Crippen LogP contribution in [0.25, 0.3) is 0 Å². The lowest BCUT2D eigenvalue weighted by molar-refractivity contribution is 0.230. The van der Waals surface area contributed by atoms with E-state index in [1.54, 1.807) is 0 Å². The molecule has 1 N–H and O–H groups in total. The minimum Gasteiger partial charge on any atom is -0.293 e. The number of aromatic amines is 1. The zero-order valence-corrected chi connectivity index (χ0v) is 9.30. The number of H-pyrrole nitrogens is 1. The van der Waals surface area contributed by atoms with E-state index in [0.717, 1.165) is 13.1 Å². The van der Waals surface area contributed by atoms with Gasteiger partial charge in [0.15, 0.2) is 0 Å². The molecule has 1 aromatic heterocycles. The molecule has 0 saturated carbocycles. The van der Waals surface area contributed by atoms with Crippen molar-refractivity contribution in [2.24, 2.45) is 5.41 Å². The van der Waals surface area contributed by atoms with Crippen molar-refractivity contribution < 1.29 is 0 Å². The highest BCUT2D eigenvalue weighted by Crippen LogP contribution is 2.24. The molecule has 3 nitrogen and oxygen atoms in total. The lowest BCUT2D eigenvalue weighted by Crippen LogP contribution is -2.22. The molecule has 1 aliphatic rings. The van der Waals surface area contributed by atoms with E-state index >= 15 is 0 Å². The normalized spacial score (nSPS) is 17.4. The molecule has 0 fully saturated rings. The molecule has 0 unspecified atom stereocenters. The van der Waals surface area contributed by atoms with Crippen LogP contribution in [0.3, 0.4) is 0 Å². The number of fused-ring (bicyclic) bond motifs is 1. The van der Waals surface area contributed by atoms with Gasteiger partial charge in [-0.1, -0.05) is 20.8 Å². The highest BCUT2D eigenvalue weighted by atomic mass is 15.2. The van der Waals surface area contributed by atoms with E-state index in [2.05, 4.69) is 35.9 Å². The summed E-state index contributed by atoms with van der Waals surface area (Å²) in [5.74, 6) is 0. The molecule has 0 aliphatic carbocycles. The van der Waals surface area contributed by atoms with Crippen LogP contribution in [0.5, 0.6) is 0 Å². The number of hydrogen-bond acceptors (Lipinski definition) is 2. The van der Waals surface area contributed by atoms with Crippen LogP contribution < -0.4 is 0 Å². The van der Waals surface area contributed by atoms with Gasteiger partial charge in [0.2, 0.25) is 0 Å². The van der Waals surface area contributed by atoms with Crippen LogP contribution in [0.4, 0.5) is 0 Å². The molecule has 0 saturated heterocycles. The predicted molar refractivity (Wildman–Crippen MR) is 56.8 cm³/mol. The van der Waals surface area contributed by atoms with Crippen LogP contribution in [0.15, 0.2) is 6.20 Å². The molecule has 0 aromatic carbocycles. The van der Waals surface area contributed by atoms with Crippen LogP contribution in [0.2, 0.25) is 0 Å². The van der Waals surface area contributed by atoms with Crippen molar-refractivity contribution in [3.63, 3.8) is 0 Å². The molecule has 2 heterocycles. The van der Waals surface area contributed by atoms with Gasteiger partial charge in [-0.15, -0.1) is 0 Å². The second-order valence-corrected chi connectivity index (χ2v) is 5.38. The van der Waals surface area contributed by atoms with Crippen molar-refractivity contribution in [3.8, 4) is 0 Å². The van der Waals surface area contributed by atoms with Crippen molar-refractivity contribution in [1.29, 1.82) is 0 Å². The maximum absolute atomic E-state index is 4.22. The van der Waals surface area contributed by atoms with Gasteiger partial charge in [-0.25, -0.2) is 0 Å². The van der Waals surface area contributed by atoms with Gasteiger partial charge in [-0.2, -0.15) is 5.10 Å². The molecule has 78 valence electrons. The number of rotatable bonds is 2. The van der Waals surface area contributed by atoms with E-state index in [9.17, 15) is 0 Å². The van der Waals surface area contributed by atoms with Crippen LogP contribution >= 0.6 is 0 Å². The van der Waals surface area contributed by atoms with Crippen LogP contribution in [0.1, 0.15) is 38.4 Å². The van der Waals surface area contributed by atoms with Crippen molar-refractivity contribution in [2.45, 2.75) is 40.3 Å². The van der Waals surface area contributed by atoms with E-state index < -0.39 is 0 Å². The Balaban J connectivity index is 1.84. The lowest BCUT2D eigenvalue weighted by atomic mass is 9.92. The van der Waals surface area contributed by atoms with Gasteiger partial charge < -0.3 is 0 Å². The molecule has 1 aromatic rings. The van der Waals surface area contributed by atoms with Crippen molar-refractivity contribution in [2.75, 3.05) is 6.54 Å². The molecule has 0 amide bonds. The molecular weight excluding hydrogens is 174 g/mol.